The monoisotopic (exact) mass is 291 g/mol. The van der Waals surface area contributed by atoms with Crippen LogP contribution in [0, 0.1) is 0 Å². The Morgan fingerprint density at radius 1 is 1.00 bits per heavy atom. The second-order valence-electron chi connectivity index (χ2n) is 5.81. The van der Waals surface area contributed by atoms with E-state index in [1.165, 1.54) is 24.0 Å². The molecule has 2 unspecified atom stereocenters. The lowest BCUT2D eigenvalue weighted by Crippen LogP contribution is -2.32. The first-order valence-corrected chi connectivity index (χ1v) is 8.66. The molecule has 0 fully saturated rings. The fourth-order valence-corrected chi connectivity index (χ4v) is 2.53. The van der Waals surface area contributed by atoms with E-state index in [4.69, 9.17) is 4.74 Å². The highest BCUT2D eigenvalue weighted by Gasteiger charge is 2.19. The first-order valence-electron chi connectivity index (χ1n) is 8.66. The van der Waals surface area contributed by atoms with E-state index in [1.54, 1.807) is 0 Å². The summed E-state index contributed by atoms with van der Waals surface area (Å²) in [5.74, 6) is 0. The Balaban J connectivity index is 2.63. The number of hydrogen-bond acceptors (Lipinski definition) is 2. The molecule has 0 bridgehead atoms. The van der Waals surface area contributed by atoms with E-state index >= 15 is 0 Å². The smallest absolute Gasteiger partial charge is 0.0741 e. The predicted octanol–water partition coefficient (Wildman–Crippen LogP) is 4.89. The summed E-state index contributed by atoms with van der Waals surface area (Å²) in [5.41, 5.74) is 2.73. The van der Waals surface area contributed by atoms with Crippen molar-refractivity contribution in [3.63, 3.8) is 0 Å². The molecule has 1 rings (SSSR count). The number of unbranched alkanes of at least 4 members (excludes halogenated alkanes) is 2. The minimum Gasteiger partial charge on any atom is -0.377 e. The lowest BCUT2D eigenvalue weighted by Gasteiger charge is -2.26. The average Bonchev–Trinajstić information content (AvgIpc) is 2.52. The molecule has 0 aliphatic heterocycles. The van der Waals surface area contributed by atoms with Gasteiger partial charge in [0.1, 0.15) is 0 Å². The molecule has 1 N–H and O–H groups in total. The van der Waals surface area contributed by atoms with Crippen LogP contribution in [0.15, 0.2) is 24.3 Å². The van der Waals surface area contributed by atoms with Crippen LogP contribution in [0.1, 0.15) is 70.5 Å². The highest BCUT2D eigenvalue weighted by atomic mass is 16.5. The van der Waals surface area contributed by atoms with Crippen molar-refractivity contribution < 1.29 is 4.74 Å². The van der Waals surface area contributed by atoms with Crippen molar-refractivity contribution in [1.29, 1.82) is 0 Å². The molecule has 0 heterocycles. The van der Waals surface area contributed by atoms with Crippen molar-refractivity contribution in [3.8, 4) is 0 Å². The van der Waals surface area contributed by atoms with Gasteiger partial charge in [0.2, 0.25) is 0 Å². The Bertz CT molecular complexity index is 360. The number of hydrogen-bond donors (Lipinski definition) is 1. The molecular weight excluding hydrogens is 258 g/mol. The molecule has 2 heteroatoms. The van der Waals surface area contributed by atoms with Gasteiger partial charge in [0.05, 0.1) is 12.1 Å². The zero-order valence-electron chi connectivity index (χ0n) is 14.3. The number of ether oxygens (including phenoxy) is 1. The van der Waals surface area contributed by atoms with Gasteiger partial charge in [0.25, 0.3) is 0 Å². The average molecular weight is 291 g/mol. The molecule has 2 nitrogen and oxygen atoms in total. The first-order chi connectivity index (χ1) is 10.2. The van der Waals surface area contributed by atoms with Crippen LogP contribution in [0.4, 0.5) is 0 Å². The van der Waals surface area contributed by atoms with E-state index < -0.39 is 0 Å². The molecular formula is C19H33NO. The molecule has 0 radical (unpaired) electrons. The van der Waals surface area contributed by atoms with Crippen LogP contribution in [0.5, 0.6) is 0 Å². The van der Waals surface area contributed by atoms with Gasteiger partial charge in [0, 0.05) is 6.61 Å². The SMILES string of the molecule is CCCCCOC(C)C(NCCC)c1ccc(CC)cc1. The molecule has 1 aromatic rings. The molecule has 120 valence electrons. The summed E-state index contributed by atoms with van der Waals surface area (Å²) >= 11 is 0. The predicted molar refractivity (Wildman–Crippen MR) is 91.8 cm³/mol. The zero-order chi connectivity index (χ0) is 15.5. The zero-order valence-corrected chi connectivity index (χ0v) is 14.3. The maximum atomic E-state index is 6.05. The maximum Gasteiger partial charge on any atom is 0.0741 e. The second kappa shape index (κ2) is 10.8. The van der Waals surface area contributed by atoms with E-state index in [0.29, 0.717) is 0 Å². The third-order valence-corrected chi connectivity index (χ3v) is 3.96. The fraction of sp³-hybridized carbons (Fsp3) is 0.684. The van der Waals surface area contributed by atoms with Crippen molar-refractivity contribution in [1.82, 2.24) is 5.32 Å². The molecule has 0 saturated carbocycles. The highest BCUT2D eigenvalue weighted by Crippen LogP contribution is 2.20. The molecule has 0 spiro atoms. The standard InChI is InChI=1S/C19H33NO/c1-5-8-9-15-21-16(4)19(20-14-6-2)18-12-10-17(7-3)11-13-18/h10-13,16,19-20H,5-9,14-15H2,1-4H3. The van der Waals surface area contributed by atoms with Gasteiger partial charge >= 0.3 is 0 Å². The van der Waals surface area contributed by atoms with Crippen molar-refractivity contribution >= 4 is 0 Å². The Morgan fingerprint density at radius 2 is 1.71 bits per heavy atom. The molecule has 2 atom stereocenters. The lowest BCUT2D eigenvalue weighted by molar-refractivity contribution is 0.0362. The number of aryl methyl sites for hydroxylation is 1. The van der Waals surface area contributed by atoms with Crippen LogP contribution < -0.4 is 5.32 Å². The third-order valence-electron chi connectivity index (χ3n) is 3.96. The minimum atomic E-state index is 0.209. The van der Waals surface area contributed by atoms with E-state index in [-0.39, 0.29) is 12.1 Å². The van der Waals surface area contributed by atoms with Crippen LogP contribution in [0.25, 0.3) is 0 Å². The molecule has 21 heavy (non-hydrogen) atoms. The van der Waals surface area contributed by atoms with E-state index in [9.17, 15) is 0 Å². The summed E-state index contributed by atoms with van der Waals surface area (Å²) in [6.45, 7) is 10.7. The Hall–Kier alpha value is -0.860. The third kappa shape index (κ3) is 6.62. The van der Waals surface area contributed by atoms with E-state index in [2.05, 4.69) is 57.3 Å². The maximum absolute atomic E-state index is 6.05. The van der Waals surface area contributed by atoms with Crippen LogP contribution in [0.2, 0.25) is 0 Å². The molecule has 0 aliphatic carbocycles. The molecule has 0 aromatic heterocycles. The fourth-order valence-electron chi connectivity index (χ4n) is 2.53. The summed E-state index contributed by atoms with van der Waals surface area (Å²) in [4.78, 5) is 0. The highest BCUT2D eigenvalue weighted by molar-refractivity contribution is 5.25. The molecule has 1 aromatic carbocycles. The van der Waals surface area contributed by atoms with Gasteiger partial charge in [-0.2, -0.15) is 0 Å². The summed E-state index contributed by atoms with van der Waals surface area (Å²) in [6, 6.07) is 9.26. The van der Waals surface area contributed by atoms with Gasteiger partial charge in [-0.1, -0.05) is 57.9 Å². The van der Waals surface area contributed by atoms with Gasteiger partial charge in [-0.15, -0.1) is 0 Å². The van der Waals surface area contributed by atoms with Gasteiger partial charge < -0.3 is 10.1 Å². The number of rotatable bonds is 11. The van der Waals surface area contributed by atoms with Gasteiger partial charge in [0.15, 0.2) is 0 Å². The number of nitrogens with one attached hydrogen (secondary N) is 1. The van der Waals surface area contributed by atoms with Crippen LogP contribution in [-0.4, -0.2) is 19.3 Å². The van der Waals surface area contributed by atoms with Gasteiger partial charge in [-0.25, -0.2) is 0 Å². The van der Waals surface area contributed by atoms with E-state index in [1.807, 2.05) is 0 Å². The van der Waals surface area contributed by atoms with Crippen molar-refractivity contribution in [3.05, 3.63) is 35.4 Å². The quantitative estimate of drug-likeness (QED) is 0.586. The van der Waals surface area contributed by atoms with Crippen LogP contribution in [0.3, 0.4) is 0 Å². The van der Waals surface area contributed by atoms with E-state index in [0.717, 1.165) is 32.4 Å². The molecule has 0 saturated heterocycles. The van der Waals surface area contributed by atoms with Gasteiger partial charge in [-0.05, 0) is 43.9 Å². The topological polar surface area (TPSA) is 21.3 Å². The van der Waals surface area contributed by atoms with Crippen molar-refractivity contribution in [2.75, 3.05) is 13.2 Å². The Labute approximate surface area is 131 Å². The Morgan fingerprint density at radius 3 is 2.29 bits per heavy atom. The van der Waals surface area contributed by atoms with Crippen molar-refractivity contribution in [2.45, 2.75) is 71.9 Å². The lowest BCUT2D eigenvalue weighted by atomic mass is 10.00. The molecule has 0 aliphatic rings. The minimum absolute atomic E-state index is 0.209. The first kappa shape index (κ1) is 18.2. The normalized spacial score (nSPS) is 14.1. The number of benzene rings is 1. The Kier molecular flexibility index (Phi) is 9.36. The summed E-state index contributed by atoms with van der Waals surface area (Å²) < 4.78 is 6.05. The van der Waals surface area contributed by atoms with Crippen LogP contribution >= 0.6 is 0 Å². The van der Waals surface area contributed by atoms with Crippen molar-refractivity contribution in [2.24, 2.45) is 0 Å². The summed E-state index contributed by atoms with van der Waals surface area (Å²) in [5, 5.41) is 3.64. The largest absolute Gasteiger partial charge is 0.377 e. The van der Waals surface area contributed by atoms with Crippen LogP contribution in [-0.2, 0) is 11.2 Å². The van der Waals surface area contributed by atoms with Gasteiger partial charge in [-0.3, -0.25) is 0 Å². The summed E-state index contributed by atoms with van der Waals surface area (Å²) in [7, 11) is 0. The second-order valence-corrected chi connectivity index (χ2v) is 5.81. The molecule has 0 amide bonds. The summed E-state index contributed by atoms with van der Waals surface area (Å²) in [6.07, 6.45) is 6.11.